The molecule has 2 amide bonds. The normalized spacial score (nSPS) is 16.8. The highest BCUT2D eigenvalue weighted by Gasteiger charge is 2.44. The molecule has 31 heavy (non-hydrogen) atoms. The van der Waals surface area contributed by atoms with E-state index in [0.29, 0.717) is 66.9 Å². The molecule has 0 atom stereocenters. The third-order valence-corrected chi connectivity index (χ3v) is 5.33. The first-order chi connectivity index (χ1) is 15.2. The summed E-state index contributed by atoms with van der Waals surface area (Å²) in [7, 11) is 1.56. The Morgan fingerprint density at radius 2 is 1.61 bits per heavy atom. The van der Waals surface area contributed by atoms with Crippen molar-refractivity contribution < 1.29 is 23.8 Å². The average molecular weight is 422 g/mol. The van der Waals surface area contributed by atoms with Gasteiger partial charge in [0.25, 0.3) is 11.8 Å². The maximum absolute atomic E-state index is 13.7. The lowest BCUT2D eigenvalue weighted by atomic mass is 10.0. The molecule has 162 valence electrons. The number of hydrogen-bond donors (Lipinski definition) is 0. The van der Waals surface area contributed by atoms with E-state index in [1.807, 2.05) is 36.1 Å². The van der Waals surface area contributed by atoms with Gasteiger partial charge in [0, 0.05) is 18.7 Å². The minimum absolute atomic E-state index is 0.342. The lowest BCUT2D eigenvalue weighted by molar-refractivity contribution is -0.121. The van der Waals surface area contributed by atoms with Gasteiger partial charge >= 0.3 is 0 Å². The molecular weight excluding hydrogens is 396 g/mol. The smallest absolute Gasteiger partial charge is 0.282 e. The van der Waals surface area contributed by atoms with Crippen LogP contribution in [0.15, 0.2) is 54.2 Å². The van der Waals surface area contributed by atoms with Crippen molar-refractivity contribution in [3.05, 3.63) is 59.8 Å². The number of morpholine rings is 1. The monoisotopic (exact) mass is 422 g/mol. The minimum atomic E-state index is -0.386. The molecule has 2 aliphatic heterocycles. The molecule has 0 radical (unpaired) electrons. The molecule has 0 unspecified atom stereocenters. The number of ether oxygens (including phenoxy) is 3. The van der Waals surface area contributed by atoms with Crippen LogP contribution >= 0.6 is 0 Å². The molecule has 1 fully saturated rings. The van der Waals surface area contributed by atoms with Crippen molar-refractivity contribution in [3.63, 3.8) is 0 Å². The van der Waals surface area contributed by atoms with E-state index >= 15 is 0 Å². The van der Waals surface area contributed by atoms with Crippen LogP contribution in [0.1, 0.15) is 18.9 Å². The second-order valence-electron chi connectivity index (χ2n) is 7.29. The summed E-state index contributed by atoms with van der Waals surface area (Å²) in [5.41, 5.74) is 1.76. The number of carbonyl (C=O) groups is 2. The van der Waals surface area contributed by atoms with Crippen LogP contribution < -0.4 is 14.4 Å². The van der Waals surface area contributed by atoms with E-state index in [1.54, 1.807) is 31.4 Å². The molecule has 0 spiro atoms. The molecule has 2 aromatic carbocycles. The zero-order chi connectivity index (χ0) is 21.8. The highest BCUT2D eigenvalue weighted by Crippen LogP contribution is 2.41. The summed E-state index contributed by atoms with van der Waals surface area (Å²) in [5, 5.41) is 0. The number of imide groups is 1. The summed E-state index contributed by atoms with van der Waals surface area (Å²) in [5.74, 6) is 0.305. The highest BCUT2D eigenvalue weighted by atomic mass is 16.5. The summed E-state index contributed by atoms with van der Waals surface area (Å²) in [4.78, 5) is 30.6. The SMILES string of the molecule is CCCOc1ccccc1N1C(=O)C(c2ccccc2OC)=C(N2CCOCC2)C1=O. The van der Waals surface area contributed by atoms with Crippen molar-refractivity contribution in [1.82, 2.24) is 4.90 Å². The van der Waals surface area contributed by atoms with Crippen molar-refractivity contribution in [2.75, 3.05) is 44.9 Å². The lowest BCUT2D eigenvalue weighted by Crippen LogP contribution is -2.40. The molecule has 0 aromatic heterocycles. The molecule has 0 N–H and O–H groups in total. The Labute approximate surface area is 181 Å². The van der Waals surface area contributed by atoms with E-state index in [-0.39, 0.29) is 11.8 Å². The summed E-state index contributed by atoms with van der Waals surface area (Å²) < 4.78 is 16.8. The number of rotatable bonds is 7. The summed E-state index contributed by atoms with van der Waals surface area (Å²) in [6.07, 6.45) is 0.819. The molecular formula is C24H26N2O5. The fourth-order valence-corrected chi connectivity index (χ4v) is 3.89. The van der Waals surface area contributed by atoms with Crippen LogP contribution in [0.5, 0.6) is 11.5 Å². The Balaban J connectivity index is 1.84. The Morgan fingerprint density at radius 3 is 2.32 bits per heavy atom. The van der Waals surface area contributed by atoms with Crippen LogP contribution in [0.3, 0.4) is 0 Å². The van der Waals surface area contributed by atoms with Crippen molar-refractivity contribution in [3.8, 4) is 11.5 Å². The van der Waals surface area contributed by atoms with Crippen molar-refractivity contribution in [2.24, 2.45) is 0 Å². The van der Waals surface area contributed by atoms with Gasteiger partial charge in [-0.2, -0.15) is 0 Å². The van der Waals surface area contributed by atoms with Crippen LogP contribution in [-0.2, 0) is 14.3 Å². The Morgan fingerprint density at radius 1 is 0.935 bits per heavy atom. The van der Waals surface area contributed by atoms with E-state index in [0.717, 1.165) is 6.42 Å². The molecule has 2 heterocycles. The van der Waals surface area contributed by atoms with E-state index in [2.05, 4.69) is 0 Å². The number of nitrogens with zero attached hydrogens (tertiary/aromatic N) is 2. The van der Waals surface area contributed by atoms with Gasteiger partial charge in [0.05, 0.1) is 38.2 Å². The van der Waals surface area contributed by atoms with Crippen LogP contribution in [0.4, 0.5) is 5.69 Å². The average Bonchev–Trinajstić information content (AvgIpc) is 3.08. The zero-order valence-corrected chi connectivity index (χ0v) is 17.8. The van der Waals surface area contributed by atoms with Gasteiger partial charge in [-0.3, -0.25) is 9.59 Å². The maximum Gasteiger partial charge on any atom is 0.282 e. The number of methoxy groups -OCH3 is 1. The second kappa shape index (κ2) is 9.22. The minimum Gasteiger partial charge on any atom is -0.496 e. The Kier molecular flexibility index (Phi) is 6.23. The van der Waals surface area contributed by atoms with Gasteiger partial charge in [-0.25, -0.2) is 4.90 Å². The molecule has 0 bridgehead atoms. The first-order valence-corrected chi connectivity index (χ1v) is 10.5. The van der Waals surface area contributed by atoms with Crippen molar-refractivity contribution in [1.29, 1.82) is 0 Å². The number of hydrogen-bond acceptors (Lipinski definition) is 6. The van der Waals surface area contributed by atoms with Crippen LogP contribution in [0.25, 0.3) is 5.57 Å². The third-order valence-electron chi connectivity index (χ3n) is 5.33. The summed E-state index contributed by atoms with van der Waals surface area (Å²) in [6, 6.07) is 14.4. The predicted molar refractivity (Wildman–Crippen MR) is 117 cm³/mol. The topological polar surface area (TPSA) is 68.3 Å². The molecule has 7 nitrogen and oxygen atoms in total. The lowest BCUT2D eigenvalue weighted by Gasteiger charge is -2.30. The second-order valence-corrected chi connectivity index (χ2v) is 7.29. The molecule has 0 aliphatic carbocycles. The standard InChI is InChI=1S/C24H26N2O5/c1-3-14-31-20-11-7-5-9-18(20)26-23(27)21(17-8-4-6-10-19(17)29-2)22(24(26)28)25-12-15-30-16-13-25/h4-11H,3,12-16H2,1-2H3. The third kappa shape index (κ3) is 3.88. The first-order valence-electron chi connectivity index (χ1n) is 10.5. The van der Waals surface area contributed by atoms with E-state index in [9.17, 15) is 9.59 Å². The molecule has 7 heteroatoms. The van der Waals surface area contributed by atoms with Gasteiger partial charge in [-0.1, -0.05) is 37.3 Å². The van der Waals surface area contributed by atoms with Gasteiger partial charge in [-0.05, 0) is 24.6 Å². The van der Waals surface area contributed by atoms with Gasteiger partial charge in [0.15, 0.2) is 0 Å². The molecule has 4 rings (SSSR count). The predicted octanol–water partition coefficient (Wildman–Crippen LogP) is 3.10. The van der Waals surface area contributed by atoms with Gasteiger partial charge < -0.3 is 19.1 Å². The Hall–Kier alpha value is -3.32. The van der Waals surface area contributed by atoms with Crippen molar-refractivity contribution >= 4 is 23.1 Å². The number of carbonyl (C=O) groups excluding carboxylic acids is 2. The summed E-state index contributed by atoms with van der Waals surface area (Å²) >= 11 is 0. The van der Waals surface area contributed by atoms with Crippen LogP contribution in [0, 0.1) is 0 Å². The molecule has 0 saturated carbocycles. The molecule has 2 aliphatic rings. The fraction of sp³-hybridized carbons (Fsp3) is 0.333. The largest absolute Gasteiger partial charge is 0.496 e. The van der Waals surface area contributed by atoms with E-state index < -0.39 is 0 Å². The number of para-hydroxylation sites is 3. The number of amides is 2. The van der Waals surface area contributed by atoms with Crippen molar-refractivity contribution in [2.45, 2.75) is 13.3 Å². The first kappa shape index (κ1) is 20.9. The maximum atomic E-state index is 13.7. The van der Waals surface area contributed by atoms with Gasteiger partial charge in [-0.15, -0.1) is 0 Å². The summed E-state index contributed by atoms with van der Waals surface area (Å²) in [6.45, 7) is 4.58. The quantitative estimate of drug-likeness (QED) is 0.639. The highest BCUT2D eigenvalue weighted by molar-refractivity contribution is 6.46. The van der Waals surface area contributed by atoms with Crippen LogP contribution in [-0.4, -0.2) is 56.7 Å². The number of anilines is 1. The van der Waals surface area contributed by atoms with E-state index in [4.69, 9.17) is 14.2 Å². The zero-order valence-electron chi connectivity index (χ0n) is 17.8. The van der Waals surface area contributed by atoms with Crippen LogP contribution in [0.2, 0.25) is 0 Å². The van der Waals surface area contributed by atoms with Gasteiger partial charge in [0.2, 0.25) is 0 Å². The fourth-order valence-electron chi connectivity index (χ4n) is 3.89. The van der Waals surface area contributed by atoms with E-state index in [1.165, 1.54) is 4.90 Å². The number of benzene rings is 2. The molecule has 2 aromatic rings. The Bertz CT molecular complexity index is 1010. The van der Waals surface area contributed by atoms with Gasteiger partial charge in [0.1, 0.15) is 17.2 Å². The molecule has 1 saturated heterocycles.